The highest BCUT2D eigenvalue weighted by Crippen LogP contribution is 2.32. The molecule has 7 nitrogen and oxygen atoms in total. The molecule has 0 fully saturated rings. The number of carbonyl (C=O) groups is 1. The Hall–Kier alpha value is -4.31. The first-order valence-electron chi connectivity index (χ1n) is 13.6. The van der Waals surface area contributed by atoms with Crippen molar-refractivity contribution in [2.75, 3.05) is 0 Å². The fourth-order valence-electron chi connectivity index (χ4n) is 4.71. The zero-order valence-electron chi connectivity index (χ0n) is 23.2. The first kappa shape index (κ1) is 28.8. The van der Waals surface area contributed by atoms with Crippen LogP contribution in [0.25, 0.3) is 17.1 Å². The number of nitrogens with one attached hydrogen (secondary N) is 1. The second-order valence-corrected chi connectivity index (χ2v) is 12.2. The van der Waals surface area contributed by atoms with E-state index in [-0.39, 0.29) is 11.9 Å². The van der Waals surface area contributed by atoms with Gasteiger partial charge >= 0.3 is 0 Å². The molecule has 1 amide bonds. The van der Waals surface area contributed by atoms with Gasteiger partial charge in [-0.2, -0.15) is 0 Å². The summed E-state index contributed by atoms with van der Waals surface area (Å²) >= 11 is 9.35. The number of nitrogens with zero attached hydrogens (tertiary/aromatic N) is 5. The maximum absolute atomic E-state index is 13.4. The number of thioether (sulfide) groups is 1. The lowest BCUT2D eigenvalue weighted by atomic mass is 9.99. The van der Waals surface area contributed by atoms with Crippen LogP contribution in [0.5, 0.6) is 0 Å². The van der Waals surface area contributed by atoms with Crippen LogP contribution in [0.1, 0.15) is 38.2 Å². The first-order valence-corrected chi connectivity index (χ1v) is 15.9. The van der Waals surface area contributed by atoms with Crippen LogP contribution in [-0.4, -0.2) is 30.6 Å². The molecule has 3 aromatic heterocycles. The zero-order valence-corrected chi connectivity index (χ0v) is 25.6. The number of carbonyl (C=O) groups excluding carboxylic acids is 1. The van der Waals surface area contributed by atoms with Gasteiger partial charge in [-0.3, -0.25) is 14.3 Å². The van der Waals surface area contributed by atoms with E-state index in [2.05, 4.69) is 37.6 Å². The Morgan fingerprint density at radius 1 is 1.00 bits per heavy atom. The molecule has 0 spiro atoms. The lowest BCUT2D eigenvalue weighted by Crippen LogP contribution is -2.30. The Labute approximate surface area is 263 Å². The van der Waals surface area contributed by atoms with Crippen molar-refractivity contribution in [2.45, 2.75) is 30.3 Å². The number of hydrogen-bond donors (Lipinski definition) is 1. The second kappa shape index (κ2) is 13.3. The van der Waals surface area contributed by atoms with Crippen molar-refractivity contribution in [3.05, 3.63) is 141 Å². The Bertz CT molecular complexity index is 1830. The molecule has 214 valence electrons. The molecule has 43 heavy (non-hydrogen) atoms. The second-order valence-electron chi connectivity index (χ2n) is 9.86. The van der Waals surface area contributed by atoms with Crippen molar-refractivity contribution in [3.63, 3.8) is 0 Å². The topological polar surface area (TPSA) is 85.6 Å². The SMILES string of the molecule is Cc1ccc(Cl)cc1-n1c(SCc2nc(C(=O)NC(Cc3ccccc3)c3ccccc3)cs2)nnc1-c1cccnc1. The monoisotopic (exact) mass is 622 g/mol. The molecule has 0 radical (unpaired) electrons. The predicted molar refractivity (Wildman–Crippen MR) is 173 cm³/mol. The number of halogens is 1. The van der Waals surface area contributed by atoms with Gasteiger partial charge < -0.3 is 5.32 Å². The number of hydrogen-bond acceptors (Lipinski definition) is 7. The van der Waals surface area contributed by atoms with Gasteiger partial charge in [-0.15, -0.1) is 21.5 Å². The maximum Gasteiger partial charge on any atom is 0.271 e. The van der Waals surface area contributed by atoms with E-state index in [1.807, 2.05) is 95.7 Å². The van der Waals surface area contributed by atoms with Crippen molar-refractivity contribution in [1.82, 2.24) is 30.0 Å². The molecule has 6 rings (SSSR count). The normalized spacial score (nSPS) is 11.8. The summed E-state index contributed by atoms with van der Waals surface area (Å²) in [7, 11) is 0. The van der Waals surface area contributed by atoms with E-state index in [1.54, 1.807) is 12.4 Å². The van der Waals surface area contributed by atoms with Gasteiger partial charge in [0.15, 0.2) is 11.0 Å². The third kappa shape index (κ3) is 6.85. The molecule has 3 aromatic carbocycles. The summed E-state index contributed by atoms with van der Waals surface area (Å²) in [6.07, 6.45) is 4.17. The number of aryl methyl sites for hydroxylation is 1. The van der Waals surface area contributed by atoms with E-state index >= 15 is 0 Å². The average Bonchev–Trinajstić information content (AvgIpc) is 3.70. The van der Waals surface area contributed by atoms with Crippen LogP contribution in [0.2, 0.25) is 5.02 Å². The van der Waals surface area contributed by atoms with Gasteiger partial charge in [0.1, 0.15) is 10.7 Å². The summed E-state index contributed by atoms with van der Waals surface area (Å²) in [4.78, 5) is 22.3. The predicted octanol–water partition coefficient (Wildman–Crippen LogP) is 7.75. The third-order valence-corrected chi connectivity index (χ3v) is 9.07. The van der Waals surface area contributed by atoms with Crippen LogP contribution >= 0.6 is 34.7 Å². The quantitative estimate of drug-likeness (QED) is 0.157. The molecule has 1 unspecified atom stereocenters. The number of aromatic nitrogens is 5. The van der Waals surface area contributed by atoms with Gasteiger partial charge in [0.05, 0.1) is 17.5 Å². The molecule has 10 heteroatoms. The molecule has 1 atom stereocenters. The van der Waals surface area contributed by atoms with Crippen LogP contribution in [0.3, 0.4) is 0 Å². The largest absolute Gasteiger partial charge is 0.344 e. The highest BCUT2D eigenvalue weighted by molar-refractivity contribution is 7.98. The van der Waals surface area contributed by atoms with Crippen molar-refractivity contribution in [1.29, 1.82) is 0 Å². The van der Waals surface area contributed by atoms with E-state index in [4.69, 9.17) is 11.6 Å². The molecule has 3 heterocycles. The number of rotatable bonds is 10. The highest BCUT2D eigenvalue weighted by Gasteiger charge is 2.21. The van der Waals surface area contributed by atoms with Crippen molar-refractivity contribution in [2.24, 2.45) is 0 Å². The maximum atomic E-state index is 13.4. The summed E-state index contributed by atoms with van der Waals surface area (Å²) in [6.45, 7) is 2.03. The third-order valence-electron chi connectivity index (χ3n) is 6.86. The molecule has 0 aliphatic carbocycles. The smallest absolute Gasteiger partial charge is 0.271 e. The Kier molecular flexibility index (Phi) is 8.93. The molecule has 0 aliphatic rings. The van der Waals surface area contributed by atoms with Crippen LogP contribution in [-0.2, 0) is 12.2 Å². The van der Waals surface area contributed by atoms with E-state index < -0.39 is 0 Å². The molecule has 0 saturated heterocycles. The molecule has 0 bridgehead atoms. The number of thiazole rings is 1. The summed E-state index contributed by atoms with van der Waals surface area (Å²) in [5, 5.41) is 16.2. The fraction of sp³-hybridized carbons (Fsp3) is 0.121. The molecule has 0 saturated carbocycles. The number of amides is 1. The van der Waals surface area contributed by atoms with Crippen LogP contribution in [0.4, 0.5) is 0 Å². The number of pyridine rings is 1. The van der Waals surface area contributed by atoms with Gasteiger partial charge in [-0.05, 0) is 54.3 Å². The first-order chi connectivity index (χ1) is 21.0. The van der Waals surface area contributed by atoms with E-state index in [1.165, 1.54) is 23.1 Å². The molecular formula is C33H27ClN6OS2. The molecule has 0 aliphatic heterocycles. The Morgan fingerprint density at radius 3 is 2.56 bits per heavy atom. The van der Waals surface area contributed by atoms with E-state index in [9.17, 15) is 4.79 Å². The zero-order chi connectivity index (χ0) is 29.6. The highest BCUT2D eigenvalue weighted by atomic mass is 35.5. The van der Waals surface area contributed by atoms with Gasteiger partial charge in [0.2, 0.25) is 0 Å². The lowest BCUT2D eigenvalue weighted by Gasteiger charge is -2.19. The molecule has 6 aromatic rings. The van der Waals surface area contributed by atoms with Gasteiger partial charge in [0, 0.05) is 28.4 Å². The summed E-state index contributed by atoms with van der Waals surface area (Å²) < 4.78 is 2.00. The minimum absolute atomic E-state index is 0.180. The summed E-state index contributed by atoms with van der Waals surface area (Å²) in [5.41, 5.74) is 5.37. The van der Waals surface area contributed by atoms with Crippen LogP contribution in [0, 0.1) is 6.92 Å². The van der Waals surface area contributed by atoms with Crippen molar-refractivity contribution >= 4 is 40.6 Å². The van der Waals surface area contributed by atoms with E-state index in [0.29, 0.717) is 33.9 Å². The standard InChI is InChI=1S/C33H27ClN6OS2/c1-22-14-15-26(34)18-29(22)40-31(25-13-8-16-35-19-25)38-39-33(40)43-21-30-36-28(20-42-30)32(41)37-27(24-11-6-3-7-12-24)17-23-9-4-2-5-10-23/h2-16,18-20,27H,17,21H2,1H3,(H,37,41). The fourth-order valence-corrected chi connectivity index (χ4v) is 6.62. The summed E-state index contributed by atoms with van der Waals surface area (Å²) in [6, 6.07) is 29.6. The van der Waals surface area contributed by atoms with Crippen molar-refractivity contribution in [3.8, 4) is 17.1 Å². The van der Waals surface area contributed by atoms with Crippen molar-refractivity contribution < 1.29 is 4.79 Å². The molecular weight excluding hydrogens is 596 g/mol. The van der Waals surface area contributed by atoms with Gasteiger partial charge in [0.25, 0.3) is 5.91 Å². The Balaban J connectivity index is 1.21. The minimum Gasteiger partial charge on any atom is -0.344 e. The average molecular weight is 623 g/mol. The van der Waals surface area contributed by atoms with Gasteiger partial charge in [-0.1, -0.05) is 90.1 Å². The van der Waals surface area contributed by atoms with E-state index in [0.717, 1.165) is 32.9 Å². The van der Waals surface area contributed by atoms with Crippen LogP contribution in [0.15, 0.2) is 114 Å². The molecule has 1 N–H and O–H groups in total. The number of benzene rings is 3. The van der Waals surface area contributed by atoms with Gasteiger partial charge in [-0.25, -0.2) is 4.98 Å². The summed E-state index contributed by atoms with van der Waals surface area (Å²) in [5.74, 6) is 0.994. The lowest BCUT2D eigenvalue weighted by molar-refractivity contribution is 0.0932. The van der Waals surface area contributed by atoms with Crippen LogP contribution < -0.4 is 5.32 Å². The minimum atomic E-state index is -0.200. The Morgan fingerprint density at radius 2 is 1.79 bits per heavy atom.